The molecule has 1 heterocycles. The van der Waals surface area contributed by atoms with Crippen molar-refractivity contribution < 1.29 is 35.3 Å². The van der Waals surface area contributed by atoms with Crippen molar-refractivity contribution in [3.8, 4) is 0 Å². The fraction of sp³-hybridized carbons (Fsp3) is 1.00. The number of nitrogens with one attached hydrogen (secondary N) is 1. The van der Waals surface area contributed by atoms with Crippen molar-refractivity contribution in [2.24, 2.45) is 5.92 Å². The zero-order chi connectivity index (χ0) is 20.7. The molecule has 1 saturated heterocycles. The molecule has 9 heteroatoms. The van der Waals surface area contributed by atoms with Crippen LogP contribution in [0.2, 0.25) is 0 Å². The molecular weight excluding hydrogens is 386 g/mol. The van der Waals surface area contributed by atoms with E-state index in [1.54, 1.807) is 0 Å². The third-order valence-electron chi connectivity index (χ3n) is 5.55. The van der Waals surface area contributed by atoms with Gasteiger partial charge >= 0.3 is 0 Å². The van der Waals surface area contributed by atoms with Crippen LogP contribution in [0.5, 0.6) is 0 Å². The number of aliphatic hydroxyl groups is 4. The average Bonchev–Trinajstić information content (AvgIpc) is 2.86. The standard InChI is InChI=1S/C19H37NO7S/c1-11(2)7-13(10-26-25)20-12-5-3-4-6-14(8-12)28-19-18(24)17(23)16(22)15(9-21)27-19/h11-25H,3-10H2,1-2H3/t12?,13-,14?,15?,16-,17?,18?,19-/m0/s1. The minimum Gasteiger partial charge on any atom is -0.394 e. The van der Waals surface area contributed by atoms with Gasteiger partial charge in [0.05, 0.1) is 13.2 Å². The second-order valence-corrected chi connectivity index (χ2v) is 9.86. The third kappa shape index (κ3) is 7.07. The first-order chi connectivity index (χ1) is 13.3. The SMILES string of the molecule is CC(C)C[C@@H](COO)NC1CCCCC(S[C@@H]2OC(CO)[C@H](O)C(O)C2O)C1. The van der Waals surface area contributed by atoms with Crippen LogP contribution in [0.4, 0.5) is 0 Å². The van der Waals surface area contributed by atoms with Gasteiger partial charge < -0.3 is 30.5 Å². The highest BCUT2D eigenvalue weighted by Crippen LogP contribution is 2.36. The van der Waals surface area contributed by atoms with Crippen molar-refractivity contribution in [1.29, 1.82) is 0 Å². The number of hydrogen-bond donors (Lipinski definition) is 6. The summed E-state index contributed by atoms with van der Waals surface area (Å²) in [6.07, 6.45) is 1.23. The first-order valence-corrected chi connectivity index (χ1v) is 11.3. The van der Waals surface area contributed by atoms with Gasteiger partial charge in [-0.3, -0.25) is 5.26 Å². The van der Waals surface area contributed by atoms with Crippen LogP contribution >= 0.6 is 11.8 Å². The van der Waals surface area contributed by atoms with Gasteiger partial charge in [0, 0.05) is 17.3 Å². The van der Waals surface area contributed by atoms with E-state index < -0.39 is 36.5 Å². The Hall–Kier alpha value is 0.0300. The van der Waals surface area contributed by atoms with Gasteiger partial charge in [0.2, 0.25) is 0 Å². The Morgan fingerprint density at radius 2 is 1.82 bits per heavy atom. The molecule has 1 saturated carbocycles. The minimum absolute atomic E-state index is 0.0750. The van der Waals surface area contributed by atoms with Crippen LogP contribution in [-0.4, -0.2) is 86.1 Å². The molecule has 2 rings (SSSR count). The summed E-state index contributed by atoms with van der Waals surface area (Å²) >= 11 is 1.47. The zero-order valence-electron chi connectivity index (χ0n) is 16.8. The Morgan fingerprint density at radius 1 is 1.11 bits per heavy atom. The molecule has 5 unspecified atom stereocenters. The van der Waals surface area contributed by atoms with Gasteiger partial charge in [0.1, 0.15) is 29.9 Å². The summed E-state index contributed by atoms with van der Waals surface area (Å²) in [6, 6.07) is 0.342. The van der Waals surface area contributed by atoms with Gasteiger partial charge in [-0.15, -0.1) is 11.8 Å². The molecular formula is C19H37NO7S. The number of hydrogen-bond acceptors (Lipinski definition) is 9. The summed E-state index contributed by atoms with van der Waals surface area (Å²) in [5.41, 5.74) is -0.688. The molecule has 2 fully saturated rings. The number of aliphatic hydroxyl groups excluding tert-OH is 4. The Morgan fingerprint density at radius 3 is 2.46 bits per heavy atom. The van der Waals surface area contributed by atoms with Crippen LogP contribution in [0.3, 0.4) is 0 Å². The molecule has 0 aromatic carbocycles. The molecule has 0 spiro atoms. The largest absolute Gasteiger partial charge is 0.394 e. The maximum Gasteiger partial charge on any atom is 0.132 e. The molecule has 0 radical (unpaired) electrons. The van der Waals surface area contributed by atoms with Crippen LogP contribution < -0.4 is 5.32 Å². The minimum atomic E-state index is -1.33. The monoisotopic (exact) mass is 423 g/mol. The lowest BCUT2D eigenvalue weighted by molar-refractivity contribution is -0.247. The lowest BCUT2D eigenvalue weighted by Gasteiger charge is -2.41. The Kier molecular flexibility index (Phi) is 10.4. The molecule has 0 aromatic rings. The lowest BCUT2D eigenvalue weighted by Crippen LogP contribution is -2.57. The first kappa shape index (κ1) is 24.3. The summed E-state index contributed by atoms with van der Waals surface area (Å²) in [5.74, 6) is 0.484. The van der Waals surface area contributed by atoms with E-state index >= 15 is 0 Å². The zero-order valence-corrected chi connectivity index (χ0v) is 17.6. The highest BCUT2D eigenvalue weighted by Gasteiger charge is 2.44. The average molecular weight is 424 g/mol. The van der Waals surface area contributed by atoms with E-state index in [1.807, 2.05) is 0 Å². The fourth-order valence-corrected chi connectivity index (χ4v) is 5.69. The number of thioether (sulfide) groups is 1. The smallest absolute Gasteiger partial charge is 0.132 e. The van der Waals surface area contributed by atoms with Gasteiger partial charge in [-0.2, -0.15) is 0 Å². The van der Waals surface area contributed by atoms with E-state index in [-0.39, 0.29) is 23.9 Å². The summed E-state index contributed by atoms with van der Waals surface area (Å²) in [7, 11) is 0. The van der Waals surface area contributed by atoms with E-state index in [9.17, 15) is 20.4 Å². The molecule has 1 aliphatic carbocycles. The van der Waals surface area contributed by atoms with E-state index in [0.717, 1.165) is 38.5 Å². The van der Waals surface area contributed by atoms with Crippen molar-refractivity contribution in [2.45, 2.75) is 99.6 Å². The van der Waals surface area contributed by atoms with Crippen LogP contribution in [0, 0.1) is 5.92 Å². The van der Waals surface area contributed by atoms with Gasteiger partial charge in [0.15, 0.2) is 0 Å². The Labute approximate surface area is 171 Å². The third-order valence-corrected chi connectivity index (χ3v) is 7.03. The van der Waals surface area contributed by atoms with E-state index in [0.29, 0.717) is 5.92 Å². The molecule has 8 atom stereocenters. The van der Waals surface area contributed by atoms with Crippen molar-refractivity contribution in [2.75, 3.05) is 13.2 Å². The van der Waals surface area contributed by atoms with Crippen molar-refractivity contribution in [3.63, 3.8) is 0 Å². The van der Waals surface area contributed by atoms with Crippen LogP contribution in [0.15, 0.2) is 0 Å². The van der Waals surface area contributed by atoms with Gasteiger partial charge in [-0.1, -0.05) is 26.7 Å². The van der Waals surface area contributed by atoms with E-state index in [1.165, 1.54) is 11.8 Å². The van der Waals surface area contributed by atoms with Gasteiger partial charge in [-0.25, -0.2) is 4.89 Å². The van der Waals surface area contributed by atoms with Gasteiger partial charge in [0.25, 0.3) is 0 Å². The summed E-state index contributed by atoms with van der Waals surface area (Å²) in [4.78, 5) is 4.39. The molecule has 6 N–H and O–H groups in total. The van der Waals surface area contributed by atoms with Crippen molar-refractivity contribution >= 4 is 11.8 Å². The topological polar surface area (TPSA) is 132 Å². The summed E-state index contributed by atoms with van der Waals surface area (Å²) in [5, 5.41) is 52.3. The fourth-order valence-electron chi connectivity index (χ4n) is 4.14. The molecule has 0 aromatic heterocycles. The Balaban J connectivity index is 1.95. The quantitative estimate of drug-likeness (QED) is 0.180. The molecule has 8 nitrogen and oxygen atoms in total. The highest BCUT2D eigenvalue weighted by molar-refractivity contribution is 8.00. The molecule has 1 aliphatic heterocycles. The second-order valence-electron chi connectivity index (χ2n) is 8.46. The second kappa shape index (κ2) is 12.0. The van der Waals surface area contributed by atoms with E-state index in [2.05, 4.69) is 24.1 Å². The highest BCUT2D eigenvalue weighted by atomic mass is 32.2. The van der Waals surface area contributed by atoms with Crippen LogP contribution in [-0.2, 0) is 9.62 Å². The molecule has 2 aliphatic rings. The maximum atomic E-state index is 10.3. The Bertz CT molecular complexity index is 443. The van der Waals surface area contributed by atoms with Crippen LogP contribution in [0.1, 0.15) is 52.4 Å². The predicted molar refractivity (Wildman–Crippen MR) is 107 cm³/mol. The van der Waals surface area contributed by atoms with Crippen molar-refractivity contribution in [1.82, 2.24) is 5.32 Å². The predicted octanol–water partition coefficient (Wildman–Crippen LogP) is 0.715. The lowest BCUT2D eigenvalue weighted by atomic mass is 10.0. The van der Waals surface area contributed by atoms with Crippen LogP contribution in [0.25, 0.3) is 0 Å². The van der Waals surface area contributed by atoms with Crippen molar-refractivity contribution in [3.05, 3.63) is 0 Å². The number of ether oxygens (including phenoxy) is 1. The molecule has 0 bridgehead atoms. The summed E-state index contributed by atoms with van der Waals surface area (Å²) in [6.45, 7) is 4.11. The summed E-state index contributed by atoms with van der Waals surface area (Å²) < 4.78 is 5.66. The molecule has 0 amide bonds. The van der Waals surface area contributed by atoms with Gasteiger partial charge in [-0.05, 0) is 31.6 Å². The van der Waals surface area contributed by atoms with E-state index in [4.69, 9.17) is 9.99 Å². The maximum absolute atomic E-state index is 10.3. The normalized spacial score (nSPS) is 38.4. The first-order valence-electron chi connectivity index (χ1n) is 10.3. The molecule has 166 valence electrons. The number of rotatable bonds is 9. The molecule has 28 heavy (non-hydrogen) atoms.